The summed E-state index contributed by atoms with van der Waals surface area (Å²) in [5.74, 6) is -0.0304. The van der Waals surface area contributed by atoms with E-state index in [1.165, 1.54) is 6.92 Å². The van der Waals surface area contributed by atoms with Gasteiger partial charge < -0.3 is 15.0 Å². The quantitative estimate of drug-likeness (QED) is 0.663. The van der Waals surface area contributed by atoms with Crippen LogP contribution >= 0.6 is 0 Å². The van der Waals surface area contributed by atoms with Gasteiger partial charge in [-0.15, -0.1) is 0 Å². The summed E-state index contributed by atoms with van der Waals surface area (Å²) in [7, 11) is -1.94. The van der Waals surface area contributed by atoms with Gasteiger partial charge in [-0.1, -0.05) is 0 Å². The number of benzene rings is 1. The van der Waals surface area contributed by atoms with E-state index in [1.54, 1.807) is 30.2 Å². The molecule has 24 heavy (non-hydrogen) atoms. The number of hydrogen-bond acceptors (Lipinski definition) is 5. The van der Waals surface area contributed by atoms with Crippen LogP contribution in [0.3, 0.4) is 0 Å². The van der Waals surface area contributed by atoms with Gasteiger partial charge in [0.15, 0.2) is 0 Å². The van der Waals surface area contributed by atoms with Gasteiger partial charge in [-0.2, -0.15) is 0 Å². The van der Waals surface area contributed by atoms with Crippen LogP contribution in [0.25, 0.3) is 0 Å². The molecule has 0 spiro atoms. The monoisotopic (exact) mass is 355 g/mol. The summed E-state index contributed by atoms with van der Waals surface area (Å²) in [6.45, 7) is 5.58. The number of methoxy groups -OCH3 is 1. The first kappa shape index (κ1) is 18.9. The Hall–Kier alpha value is -1.48. The highest BCUT2D eigenvalue weighted by Crippen LogP contribution is 2.33. The minimum atomic E-state index is -3.55. The molecule has 2 N–H and O–H groups in total. The minimum absolute atomic E-state index is 0.0304. The number of nitrogens with zero attached hydrogens (tertiary/aromatic N) is 1. The number of anilines is 1. The van der Waals surface area contributed by atoms with Crippen molar-refractivity contribution in [3.63, 3.8) is 0 Å². The van der Waals surface area contributed by atoms with Crippen LogP contribution in [0.2, 0.25) is 0 Å². The summed E-state index contributed by atoms with van der Waals surface area (Å²) in [5.41, 5.74) is 1.69. The zero-order chi connectivity index (χ0) is 17.7. The molecular weight excluding hydrogens is 330 g/mol. The van der Waals surface area contributed by atoms with Crippen molar-refractivity contribution in [2.24, 2.45) is 0 Å². The first-order chi connectivity index (χ1) is 11.4. The van der Waals surface area contributed by atoms with Gasteiger partial charge >= 0.3 is 0 Å². The summed E-state index contributed by atoms with van der Waals surface area (Å²) in [5, 5.41) is 3.08. The molecule has 7 nitrogen and oxygen atoms in total. The number of carbonyl (C=O) groups excluding carboxylic acids is 1. The largest absolute Gasteiger partial charge is 0.383 e. The topological polar surface area (TPSA) is 87.7 Å². The van der Waals surface area contributed by atoms with Crippen molar-refractivity contribution in [3.05, 3.63) is 23.8 Å². The maximum atomic E-state index is 12.4. The Morgan fingerprint density at radius 3 is 2.75 bits per heavy atom. The molecule has 0 bridgehead atoms. The summed E-state index contributed by atoms with van der Waals surface area (Å²) < 4.78 is 32.2. The Morgan fingerprint density at radius 2 is 2.08 bits per heavy atom. The highest BCUT2D eigenvalue weighted by molar-refractivity contribution is 7.89. The third-order valence-electron chi connectivity index (χ3n) is 3.99. The molecule has 1 heterocycles. The minimum Gasteiger partial charge on any atom is -0.383 e. The number of rotatable bonds is 8. The molecule has 1 aromatic carbocycles. The molecule has 2 rings (SSSR count). The van der Waals surface area contributed by atoms with Gasteiger partial charge in [0.25, 0.3) is 0 Å². The van der Waals surface area contributed by atoms with Gasteiger partial charge in [-0.05, 0) is 37.1 Å². The van der Waals surface area contributed by atoms with Crippen molar-refractivity contribution in [2.75, 3.05) is 38.3 Å². The number of fused-ring (bicyclic) bond motifs is 1. The molecular formula is C16H25N3O4S. The number of hydrogen-bond donors (Lipinski definition) is 2. The summed E-state index contributed by atoms with van der Waals surface area (Å²) >= 11 is 0. The zero-order valence-corrected chi connectivity index (χ0v) is 15.1. The fourth-order valence-electron chi connectivity index (χ4n) is 2.91. The normalized spacial score (nSPS) is 17.1. The summed E-state index contributed by atoms with van der Waals surface area (Å²) in [4.78, 5) is 13.7. The van der Waals surface area contributed by atoms with Crippen LogP contribution in [0, 0.1) is 0 Å². The molecule has 1 aromatic rings. The molecule has 8 heteroatoms. The number of amides is 1. The lowest BCUT2D eigenvalue weighted by Gasteiger charge is -2.20. The number of sulfonamides is 1. The van der Waals surface area contributed by atoms with E-state index in [4.69, 9.17) is 4.74 Å². The van der Waals surface area contributed by atoms with Crippen LogP contribution in [0.15, 0.2) is 23.1 Å². The Morgan fingerprint density at radius 1 is 1.33 bits per heavy atom. The fraction of sp³-hybridized carbons (Fsp3) is 0.562. The molecule has 0 radical (unpaired) electrons. The van der Waals surface area contributed by atoms with Gasteiger partial charge in [0.05, 0.1) is 11.5 Å². The van der Waals surface area contributed by atoms with Crippen molar-refractivity contribution in [3.8, 4) is 0 Å². The molecule has 134 valence electrons. The Labute approximate surface area is 143 Å². The maximum absolute atomic E-state index is 12.4. The predicted molar refractivity (Wildman–Crippen MR) is 92.7 cm³/mol. The standard InChI is InChI=1S/C16H25N3O4S/c1-12-10-14-11-15(4-5-16(14)19(12)13(2)20)24(21,22)18-7-6-17-8-9-23-3/h4-5,11-12,17-18H,6-10H2,1-3H3. The molecule has 1 aliphatic heterocycles. The zero-order valence-electron chi connectivity index (χ0n) is 14.3. The molecule has 1 atom stereocenters. The highest BCUT2D eigenvalue weighted by atomic mass is 32.2. The van der Waals surface area contributed by atoms with Crippen molar-refractivity contribution in [1.82, 2.24) is 10.0 Å². The third-order valence-corrected chi connectivity index (χ3v) is 5.45. The molecule has 0 saturated heterocycles. The van der Waals surface area contributed by atoms with Gasteiger partial charge in [-0.3, -0.25) is 4.79 Å². The van der Waals surface area contributed by atoms with Crippen molar-refractivity contribution < 1.29 is 17.9 Å². The van der Waals surface area contributed by atoms with Crippen LogP contribution in [0.5, 0.6) is 0 Å². The Bertz CT molecular complexity index is 691. The molecule has 0 aliphatic carbocycles. The second-order valence-corrected chi connectivity index (χ2v) is 7.64. The molecule has 1 unspecified atom stereocenters. The Kier molecular flexibility index (Phi) is 6.34. The van der Waals surface area contributed by atoms with E-state index in [9.17, 15) is 13.2 Å². The fourth-order valence-corrected chi connectivity index (χ4v) is 3.99. The van der Waals surface area contributed by atoms with Gasteiger partial charge in [-0.25, -0.2) is 13.1 Å². The lowest BCUT2D eigenvalue weighted by molar-refractivity contribution is -0.116. The number of carbonyl (C=O) groups is 1. The second-order valence-electron chi connectivity index (χ2n) is 5.87. The van der Waals surface area contributed by atoms with Crippen LogP contribution in [-0.2, 0) is 26.0 Å². The SMILES string of the molecule is COCCNCCNS(=O)(=O)c1ccc2c(c1)CC(C)N2C(C)=O. The van der Waals surface area contributed by atoms with E-state index in [0.717, 1.165) is 11.3 Å². The highest BCUT2D eigenvalue weighted by Gasteiger charge is 2.30. The average Bonchev–Trinajstić information content (AvgIpc) is 2.85. The average molecular weight is 355 g/mol. The van der Waals surface area contributed by atoms with Crippen LogP contribution in [0.1, 0.15) is 19.4 Å². The predicted octanol–water partition coefficient (Wildman–Crippen LogP) is 0.498. The number of ether oxygens (including phenoxy) is 1. The van der Waals surface area contributed by atoms with E-state index >= 15 is 0 Å². The van der Waals surface area contributed by atoms with Gasteiger partial charge in [0.2, 0.25) is 15.9 Å². The van der Waals surface area contributed by atoms with E-state index in [-0.39, 0.29) is 16.8 Å². The molecule has 0 aromatic heterocycles. The van der Waals surface area contributed by atoms with Crippen LogP contribution in [0.4, 0.5) is 5.69 Å². The van der Waals surface area contributed by atoms with E-state index in [0.29, 0.717) is 32.7 Å². The van der Waals surface area contributed by atoms with E-state index in [2.05, 4.69) is 10.0 Å². The number of nitrogens with one attached hydrogen (secondary N) is 2. The summed E-state index contributed by atoms with van der Waals surface area (Å²) in [6, 6.07) is 4.97. The molecule has 1 amide bonds. The maximum Gasteiger partial charge on any atom is 0.240 e. The first-order valence-electron chi connectivity index (χ1n) is 7.99. The van der Waals surface area contributed by atoms with Crippen molar-refractivity contribution >= 4 is 21.6 Å². The van der Waals surface area contributed by atoms with Gasteiger partial charge in [0, 0.05) is 45.4 Å². The van der Waals surface area contributed by atoms with E-state index < -0.39 is 10.0 Å². The Balaban J connectivity index is 2.02. The van der Waals surface area contributed by atoms with Crippen LogP contribution in [-0.4, -0.2) is 53.7 Å². The van der Waals surface area contributed by atoms with Crippen molar-refractivity contribution in [1.29, 1.82) is 0 Å². The molecule has 0 fully saturated rings. The molecule has 1 aliphatic rings. The molecule has 0 saturated carbocycles. The lowest BCUT2D eigenvalue weighted by Crippen LogP contribution is -2.33. The van der Waals surface area contributed by atoms with Crippen molar-refractivity contribution in [2.45, 2.75) is 31.2 Å². The van der Waals surface area contributed by atoms with Crippen LogP contribution < -0.4 is 14.9 Å². The third kappa shape index (κ3) is 4.32. The summed E-state index contributed by atoms with van der Waals surface area (Å²) in [6.07, 6.45) is 0.664. The lowest BCUT2D eigenvalue weighted by atomic mass is 10.1. The first-order valence-corrected chi connectivity index (χ1v) is 9.47. The second kappa shape index (κ2) is 8.06. The van der Waals surface area contributed by atoms with E-state index in [1.807, 2.05) is 6.92 Å². The smallest absolute Gasteiger partial charge is 0.240 e. The van der Waals surface area contributed by atoms with Gasteiger partial charge in [0.1, 0.15) is 0 Å².